The van der Waals surface area contributed by atoms with Crippen LogP contribution < -0.4 is 24.7 Å². The Kier molecular flexibility index (Phi) is 10.9. The summed E-state index contributed by atoms with van der Waals surface area (Å²) >= 11 is 0. The molecule has 0 radical (unpaired) electrons. The standard InChI is InChI=1S/C40H46F4N6O6S/c1-3-49-33(25-12-8-7-9-13-25)23-45-37(49)56-30-21-32-34(51)47-39(36(53)48-57(54,55)38(2)16-17-38)22-26(39)14-10-5-4-6-11-15-31(35(52)50(32)24-30)46-29-19-27(40(42,43)44)18-28(41)20-29/h7-10,12-14,18-20,23,26,30-32,46H,3-6,11,15-17,21-22,24H2,1-2H3,(H2,47,48,51,53)/p+1/t26-,30-,31+,32+,39-/m1/s1. The molecule has 1 saturated heterocycles. The van der Waals surface area contributed by atoms with Gasteiger partial charge >= 0.3 is 12.2 Å². The number of amides is 3. The maximum Gasteiger partial charge on any atom is 0.454 e. The highest BCUT2D eigenvalue weighted by atomic mass is 32.2. The molecule has 5 atom stereocenters. The molecular weight excluding hydrogens is 769 g/mol. The number of H-pyrrole nitrogens is 1. The molecule has 2 saturated carbocycles. The molecule has 3 amide bonds. The minimum atomic E-state index is -4.84. The summed E-state index contributed by atoms with van der Waals surface area (Å²) in [5, 5.41) is 5.67. The third-order valence-corrected chi connectivity index (χ3v) is 13.7. The van der Waals surface area contributed by atoms with Crippen molar-refractivity contribution in [3.05, 3.63) is 78.3 Å². The smallest absolute Gasteiger partial charge is 0.426 e. The second-order valence-electron chi connectivity index (χ2n) is 15.7. The van der Waals surface area contributed by atoms with Crippen LogP contribution in [-0.4, -0.2) is 71.0 Å². The largest absolute Gasteiger partial charge is 0.454 e. The van der Waals surface area contributed by atoms with Gasteiger partial charge in [0.15, 0.2) is 5.69 Å². The molecular formula is C40H47F4N6O6S+. The highest BCUT2D eigenvalue weighted by Gasteiger charge is 2.63. The number of anilines is 1. The molecule has 7 rings (SSSR count). The number of hydrogen-bond acceptors (Lipinski definition) is 7. The Bertz CT molecular complexity index is 2160. The van der Waals surface area contributed by atoms with Gasteiger partial charge in [-0.1, -0.05) is 55.3 Å². The number of halogens is 4. The fraction of sp³-hybridized carbons (Fsp3) is 0.500. The molecule has 12 nitrogen and oxygen atoms in total. The number of aromatic amines is 1. The second-order valence-corrected chi connectivity index (χ2v) is 17.9. The van der Waals surface area contributed by atoms with Crippen molar-refractivity contribution in [3.8, 4) is 17.3 Å². The summed E-state index contributed by atoms with van der Waals surface area (Å²) in [5.41, 5.74) is -1.31. The molecule has 306 valence electrons. The van der Waals surface area contributed by atoms with E-state index in [0.717, 1.165) is 23.4 Å². The zero-order chi connectivity index (χ0) is 40.8. The summed E-state index contributed by atoms with van der Waals surface area (Å²) in [6.45, 7) is 3.89. The van der Waals surface area contributed by atoms with E-state index in [4.69, 9.17) is 4.74 Å². The van der Waals surface area contributed by atoms with Crippen LogP contribution in [0.3, 0.4) is 0 Å². The Morgan fingerprint density at radius 2 is 1.84 bits per heavy atom. The van der Waals surface area contributed by atoms with Gasteiger partial charge in [0.2, 0.25) is 21.8 Å². The Balaban J connectivity index is 1.21. The lowest BCUT2D eigenvalue weighted by Crippen LogP contribution is -2.58. The molecule has 3 aromatic rings. The van der Waals surface area contributed by atoms with Gasteiger partial charge in [-0.3, -0.25) is 19.1 Å². The third kappa shape index (κ3) is 8.39. The predicted molar refractivity (Wildman–Crippen MR) is 201 cm³/mol. The molecule has 0 unspecified atom stereocenters. The lowest BCUT2D eigenvalue weighted by atomic mass is 10.0. The number of alkyl halides is 3. The third-order valence-electron chi connectivity index (χ3n) is 11.6. The van der Waals surface area contributed by atoms with Crippen LogP contribution in [0.15, 0.2) is 66.9 Å². The molecule has 2 aliphatic heterocycles. The second kappa shape index (κ2) is 15.4. The number of carbonyl (C=O) groups is 3. The van der Waals surface area contributed by atoms with Crippen LogP contribution in [0.1, 0.15) is 77.2 Å². The van der Waals surface area contributed by atoms with E-state index in [2.05, 4.69) is 20.3 Å². The molecule has 57 heavy (non-hydrogen) atoms. The monoisotopic (exact) mass is 815 g/mol. The van der Waals surface area contributed by atoms with E-state index in [1.807, 2.05) is 47.9 Å². The number of ether oxygens (including phenoxy) is 1. The summed E-state index contributed by atoms with van der Waals surface area (Å²) in [4.78, 5) is 47.4. The van der Waals surface area contributed by atoms with Crippen molar-refractivity contribution in [3.63, 3.8) is 0 Å². The van der Waals surface area contributed by atoms with E-state index in [1.165, 1.54) is 4.90 Å². The quantitative estimate of drug-likeness (QED) is 0.129. The van der Waals surface area contributed by atoms with Crippen molar-refractivity contribution >= 4 is 33.4 Å². The molecule has 1 aromatic heterocycles. The lowest BCUT2D eigenvalue weighted by molar-refractivity contribution is -0.687. The van der Waals surface area contributed by atoms with Crippen molar-refractivity contribution < 1.29 is 49.7 Å². The number of nitrogens with one attached hydrogen (secondary N) is 4. The number of nitrogens with zero attached hydrogens (tertiary/aromatic N) is 2. The highest BCUT2D eigenvalue weighted by molar-refractivity contribution is 7.91. The Morgan fingerprint density at radius 3 is 2.54 bits per heavy atom. The van der Waals surface area contributed by atoms with E-state index < -0.39 is 79.7 Å². The van der Waals surface area contributed by atoms with E-state index in [1.54, 1.807) is 19.2 Å². The molecule has 0 bridgehead atoms. The minimum Gasteiger partial charge on any atom is -0.426 e. The number of hydrogen-bond donors (Lipinski definition) is 4. The zero-order valence-electron chi connectivity index (χ0n) is 31.7. The van der Waals surface area contributed by atoms with Crippen LogP contribution in [-0.2, 0) is 37.1 Å². The van der Waals surface area contributed by atoms with Gasteiger partial charge in [0, 0.05) is 23.6 Å². The Labute approximate surface area is 328 Å². The van der Waals surface area contributed by atoms with E-state index in [9.17, 15) is 40.4 Å². The minimum absolute atomic E-state index is 0.0273. The molecule has 4 aliphatic rings. The van der Waals surface area contributed by atoms with E-state index in [-0.39, 0.29) is 31.5 Å². The number of imidazole rings is 1. The van der Waals surface area contributed by atoms with E-state index in [0.29, 0.717) is 57.1 Å². The number of benzene rings is 2. The summed E-state index contributed by atoms with van der Waals surface area (Å²) in [6, 6.07) is 9.58. The number of allylic oxidation sites excluding steroid dienone is 1. The van der Waals surface area contributed by atoms with Crippen LogP contribution in [0.2, 0.25) is 0 Å². The van der Waals surface area contributed by atoms with Crippen molar-refractivity contribution in [1.82, 2.24) is 19.9 Å². The van der Waals surface area contributed by atoms with Gasteiger partial charge in [0.25, 0.3) is 5.91 Å². The Hall–Kier alpha value is -4.93. The first-order valence-corrected chi connectivity index (χ1v) is 20.9. The van der Waals surface area contributed by atoms with Gasteiger partial charge in [-0.25, -0.2) is 17.8 Å². The first kappa shape index (κ1) is 40.3. The van der Waals surface area contributed by atoms with Gasteiger partial charge in [-0.05, 0) is 70.6 Å². The van der Waals surface area contributed by atoms with Gasteiger partial charge in [0.1, 0.15) is 35.7 Å². The van der Waals surface area contributed by atoms with Gasteiger partial charge < -0.3 is 20.3 Å². The van der Waals surface area contributed by atoms with Gasteiger partial charge in [0.05, 0.1) is 23.4 Å². The number of aromatic nitrogens is 2. The van der Waals surface area contributed by atoms with Crippen molar-refractivity contribution in [1.29, 1.82) is 0 Å². The number of rotatable bonds is 9. The Morgan fingerprint density at radius 1 is 1.09 bits per heavy atom. The summed E-state index contributed by atoms with van der Waals surface area (Å²) < 4.78 is 91.3. The van der Waals surface area contributed by atoms with E-state index >= 15 is 0 Å². The van der Waals surface area contributed by atoms with Crippen molar-refractivity contribution in [2.75, 3.05) is 11.9 Å². The first-order valence-electron chi connectivity index (χ1n) is 19.4. The van der Waals surface area contributed by atoms with Crippen molar-refractivity contribution in [2.24, 2.45) is 5.92 Å². The van der Waals surface area contributed by atoms with Crippen LogP contribution in [0, 0.1) is 11.7 Å². The number of carbonyl (C=O) groups excluding carboxylic acids is 3. The molecule has 3 fully saturated rings. The molecule has 3 heterocycles. The average molecular weight is 816 g/mol. The zero-order valence-corrected chi connectivity index (χ0v) is 32.5. The average Bonchev–Trinajstić information content (AvgIpc) is 3.97. The molecule has 2 aliphatic carbocycles. The lowest BCUT2D eigenvalue weighted by Gasteiger charge is -2.30. The molecule has 0 spiro atoms. The summed E-state index contributed by atoms with van der Waals surface area (Å²) in [6.07, 6.45) is 3.34. The first-order chi connectivity index (χ1) is 27.0. The van der Waals surface area contributed by atoms with Crippen LogP contribution in [0.25, 0.3) is 11.3 Å². The van der Waals surface area contributed by atoms with Gasteiger partial charge in [-0.2, -0.15) is 17.7 Å². The topological polar surface area (TPSA) is 154 Å². The predicted octanol–water partition coefficient (Wildman–Crippen LogP) is 5.37. The normalized spacial score (nSPS) is 26.3. The van der Waals surface area contributed by atoms with Crippen LogP contribution in [0.4, 0.5) is 23.2 Å². The highest BCUT2D eigenvalue weighted by Crippen LogP contribution is 2.47. The van der Waals surface area contributed by atoms with Crippen molar-refractivity contribution in [2.45, 2.75) is 113 Å². The van der Waals surface area contributed by atoms with Crippen LogP contribution in [0.5, 0.6) is 6.01 Å². The van der Waals surface area contributed by atoms with Gasteiger partial charge in [-0.15, -0.1) is 0 Å². The molecule has 4 N–H and O–H groups in total. The summed E-state index contributed by atoms with van der Waals surface area (Å²) in [5.74, 6) is -3.84. The number of sulfonamides is 1. The number of fused-ring (bicyclic) bond motifs is 2. The SMILES string of the molecule is CC[n+]1c(-c2ccccc2)c[nH]c1O[C@@H]1C[C@H]2C(=O)N[C@]3(C(=O)NS(=O)(=O)C4(C)CC4)C[C@H]3C=CCCCCC[C@H](Nc3cc(F)cc(C(F)(F)F)c3)C(=O)N2C1. The molecule has 2 aromatic carbocycles. The van der Waals surface area contributed by atoms with Crippen LogP contribution >= 0.6 is 0 Å². The summed E-state index contributed by atoms with van der Waals surface area (Å²) in [7, 11) is -4.05. The maximum atomic E-state index is 14.6. The fourth-order valence-corrected chi connectivity index (χ4v) is 9.11. The fourth-order valence-electron chi connectivity index (χ4n) is 7.80. The maximum absolute atomic E-state index is 14.6. The molecule has 17 heteroatoms.